The number of ether oxygens (including phenoxy) is 1. The van der Waals surface area contributed by atoms with Crippen LogP contribution in [-0.2, 0) is 13.0 Å². The maximum Gasteiger partial charge on any atom is 0.194 e. The SMILES string of the molecule is COc1cc2ccccc2n1CCc1ccccc1. The summed E-state index contributed by atoms with van der Waals surface area (Å²) in [6, 6.07) is 21.0. The molecule has 1 heterocycles. The molecule has 0 bridgehead atoms. The Morgan fingerprint density at radius 1 is 0.947 bits per heavy atom. The predicted molar refractivity (Wildman–Crippen MR) is 78.6 cm³/mol. The quantitative estimate of drug-likeness (QED) is 0.686. The van der Waals surface area contributed by atoms with E-state index in [-0.39, 0.29) is 0 Å². The van der Waals surface area contributed by atoms with Crippen molar-refractivity contribution in [3.05, 3.63) is 66.2 Å². The molecule has 3 rings (SSSR count). The lowest BCUT2D eigenvalue weighted by molar-refractivity contribution is 0.375. The Bertz CT molecular complexity index is 670. The molecule has 0 fully saturated rings. The van der Waals surface area contributed by atoms with Crippen LogP contribution in [-0.4, -0.2) is 11.7 Å². The molecular formula is C17H17NO. The van der Waals surface area contributed by atoms with E-state index in [4.69, 9.17) is 4.74 Å². The molecule has 0 saturated heterocycles. The Morgan fingerprint density at radius 3 is 2.47 bits per heavy atom. The van der Waals surface area contributed by atoms with Gasteiger partial charge >= 0.3 is 0 Å². The molecule has 0 aliphatic carbocycles. The number of benzene rings is 2. The molecule has 0 unspecified atom stereocenters. The first kappa shape index (κ1) is 11.8. The molecule has 0 atom stereocenters. The lowest BCUT2D eigenvalue weighted by atomic mass is 10.1. The second-order valence-corrected chi connectivity index (χ2v) is 4.63. The summed E-state index contributed by atoms with van der Waals surface area (Å²) in [7, 11) is 1.73. The average Bonchev–Trinajstić information content (AvgIpc) is 2.84. The highest BCUT2D eigenvalue weighted by Crippen LogP contribution is 2.25. The molecule has 2 nitrogen and oxygen atoms in total. The lowest BCUT2D eigenvalue weighted by Gasteiger charge is -2.09. The van der Waals surface area contributed by atoms with Gasteiger partial charge in [0.1, 0.15) is 0 Å². The molecule has 2 aromatic carbocycles. The highest BCUT2D eigenvalue weighted by molar-refractivity contribution is 5.82. The van der Waals surface area contributed by atoms with E-state index in [0.717, 1.165) is 18.8 Å². The van der Waals surface area contributed by atoms with Gasteiger partial charge in [0.2, 0.25) is 0 Å². The van der Waals surface area contributed by atoms with Crippen molar-refractivity contribution in [3.63, 3.8) is 0 Å². The molecule has 0 radical (unpaired) electrons. The van der Waals surface area contributed by atoms with Gasteiger partial charge < -0.3 is 9.30 Å². The fraction of sp³-hybridized carbons (Fsp3) is 0.176. The summed E-state index contributed by atoms with van der Waals surface area (Å²) >= 11 is 0. The van der Waals surface area contributed by atoms with Gasteiger partial charge in [-0.05, 0) is 18.1 Å². The van der Waals surface area contributed by atoms with Gasteiger partial charge in [0.05, 0.1) is 12.6 Å². The van der Waals surface area contributed by atoms with E-state index >= 15 is 0 Å². The maximum atomic E-state index is 5.48. The highest BCUT2D eigenvalue weighted by Gasteiger charge is 2.08. The molecule has 0 saturated carbocycles. The first-order valence-corrected chi connectivity index (χ1v) is 6.54. The molecule has 2 heteroatoms. The van der Waals surface area contributed by atoms with Crippen LogP contribution in [0.15, 0.2) is 60.7 Å². The molecule has 0 aliphatic rings. The fourth-order valence-corrected chi connectivity index (χ4v) is 2.47. The van der Waals surface area contributed by atoms with E-state index in [1.165, 1.54) is 16.5 Å². The lowest BCUT2D eigenvalue weighted by Crippen LogP contribution is -2.03. The Hall–Kier alpha value is -2.22. The predicted octanol–water partition coefficient (Wildman–Crippen LogP) is 3.89. The number of hydrogen-bond acceptors (Lipinski definition) is 1. The molecule has 0 aliphatic heterocycles. The van der Waals surface area contributed by atoms with Gasteiger partial charge in [0.15, 0.2) is 5.88 Å². The zero-order chi connectivity index (χ0) is 13.1. The van der Waals surface area contributed by atoms with Gasteiger partial charge in [-0.15, -0.1) is 0 Å². The first-order chi connectivity index (χ1) is 9.38. The summed E-state index contributed by atoms with van der Waals surface area (Å²) in [5.74, 6) is 0.928. The van der Waals surface area contributed by atoms with Crippen molar-refractivity contribution >= 4 is 10.9 Å². The van der Waals surface area contributed by atoms with Crippen molar-refractivity contribution in [2.45, 2.75) is 13.0 Å². The molecule has 1 aromatic heterocycles. The summed E-state index contributed by atoms with van der Waals surface area (Å²) in [5, 5.41) is 1.23. The zero-order valence-electron chi connectivity index (χ0n) is 11.0. The van der Waals surface area contributed by atoms with E-state index < -0.39 is 0 Å². The van der Waals surface area contributed by atoms with E-state index in [1.54, 1.807) is 7.11 Å². The van der Waals surface area contributed by atoms with E-state index in [1.807, 2.05) is 0 Å². The number of methoxy groups -OCH3 is 1. The second kappa shape index (κ2) is 5.19. The largest absolute Gasteiger partial charge is 0.482 e. The Kier molecular flexibility index (Phi) is 3.23. The normalized spacial score (nSPS) is 10.8. The monoisotopic (exact) mass is 251 g/mol. The summed E-state index contributed by atoms with van der Waals surface area (Å²) in [4.78, 5) is 0. The Balaban J connectivity index is 1.91. The van der Waals surface area contributed by atoms with Crippen molar-refractivity contribution in [2.24, 2.45) is 0 Å². The number of nitrogens with zero attached hydrogens (tertiary/aromatic N) is 1. The van der Waals surface area contributed by atoms with Gasteiger partial charge in [-0.3, -0.25) is 0 Å². The van der Waals surface area contributed by atoms with Crippen LogP contribution in [0.4, 0.5) is 0 Å². The molecule has 3 aromatic rings. The van der Waals surface area contributed by atoms with Crippen LogP contribution < -0.4 is 4.74 Å². The fourth-order valence-electron chi connectivity index (χ4n) is 2.47. The third-order valence-corrected chi connectivity index (χ3v) is 3.45. The van der Waals surface area contributed by atoms with Gasteiger partial charge in [0.25, 0.3) is 0 Å². The Labute approximate surface area is 113 Å². The van der Waals surface area contributed by atoms with Gasteiger partial charge in [-0.1, -0.05) is 48.5 Å². The third kappa shape index (κ3) is 2.34. The summed E-state index contributed by atoms with van der Waals surface area (Å²) < 4.78 is 7.72. The van der Waals surface area contributed by atoms with Gasteiger partial charge in [0, 0.05) is 18.0 Å². The van der Waals surface area contributed by atoms with Crippen LogP contribution in [0.1, 0.15) is 5.56 Å². The highest BCUT2D eigenvalue weighted by atomic mass is 16.5. The van der Waals surface area contributed by atoms with Gasteiger partial charge in [-0.2, -0.15) is 0 Å². The number of hydrogen-bond donors (Lipinski definition) is 0. The van der Waals surface area contributed by atoms with Crippen molar-refractivity contribution in [1.29, 1.82) is 0 Å². The molecule has 96 valence electrons. The summed E-state index contributed by atoms with van der Waals surface area (Å²) in [6.07, 6.45) is 1.01. The minimum Gasteiger partial charge on any atom is -0.482 e. The number of aromatic nitrogens is 1. The zero-order valence-corrected chi connectivity index (χ0v) is 11.0. The van der Waals surface area contributed by atoms with Crippen molar-refractivity contribution in [2.75, 3.05) is 7.11 Å². The summed E-state index contributed by atoms with van der Waals surface area (Å²) in [6.45, 7) is 0.931. The molecule has 0 amide bonds. The third-order valence-electron chi connectivity index (χ3n) is 3.45. The van der Waals surface area contributed by atoms with Crippen LogP contribution in [0.25, 0.3) is 10.9 Å². The standard InChI is InChI=1S/C17H17NO/c1-19-17-13-15-9-5-6-10-16(15)18(17)12-11-14-7-3-2-4-8-14/h2-10,13H,11-12H2,1H3. The summed E-state index contributed by atoms with van der Waals surface area (Å²) in [5.41, 5.74) is 2.58. The average molecular weight is 251 g/mol. The van der Waals surface area contributed by atoms with Crippen molar-refractivity contribution in [3.8, 4) is 5.88 Å². The second-order valence-electron chi connectivity index (χ2n) is 4.63. The maximum absolute atomic E-state index is 5.48. The molecule has 19 heavy (non-hydrogen) atoms. The van der Waals surface area contributed by atoms with E-state index in [2.05, 4.69) is 65.2 Å². The molecule has 0 spiro atoms. The smallest absolute Gasteiger partial charge is 0.194 e. The Morgan fingerprint density at radius 2 is 1.68 bits per heavy atom. The number of rotatable bonds is 4. The minimum absolute atomic E-state index is 0.928. The topological polar surface area (TPSA) is 14.2 Å². The van der Waals surface area contributed by atoms with Crippen molar-refractivity contribution < 1.29 is 4.74 Å². The molecule has 0 N–H and O–H groups in total. The van der Waals surface area contributed by atoms with Gasteiger partial charge in [-0.25, -0.2) is 0 Å². The molecular weight excluding hydrogens is 234 g/mol. The van der Waals surface area contributed by atoms with Crippen LogP contribution in [0.3, 0.4) is 0 Å². The van der Waals surface area contributed by atoms with E-state index in [0.29, 0.717) is 0 Å². The number of aryl methyl sites for hydroxylation is 2. The van der Waals surface area contributed by atoms with Crippen LogP contribution in [0, 0.1) is 0 Å². The number of para-hydroxylation sites is 1. The van der Waals surface area contributed by atoms with Crippen LogP contribution in [0.5, 0.6) is 5.88 Å². The van der Waals surface area contributed by atoms with Crippen molar-refractivity contribution in [1.82, 2.24) is 4.57 Å². The number of fused-ring (bicyclic) bond motifs is 1. The minimum atomic E-state index is 0.928. The van der Waals surface area contributed by atoms with Crippen LogP contribution >= 0.6 is 0 Å². The van der Waals surface area contributed by atoms with Crippen LogP contribution in [0.2, 0.25) is 0 Å². The van der Waals surface area contributed by atoms with E-state index in [9.17, 15) is 0 Å². The first-order valence-electron chi connectivity index (χ1n) is 6.54.